The van der Waals surface area contributed by atoms with Crippen LogP contribution in [0.5, 0.6) is 0 Å². The predicted molar refractivity (Wildman–Crippen MR) is 69.9 cm³/mol. The van der Waals surface area contributed by atoms with Crippen molar-refractivity contribution in [3.05, 3.63) is 22.3 Å². The molecule has 2 nitrogen and oxygen atoms in total. The molecule has 0 spiro atoms. The number of hydrogen-bond acceptors (Lipinski definition) is 2. The second-order valence-corrected chi connectivity index (χ2v) is 5.74. The minimum absolute atomic E-state index is 0.354. The summed E-state index contributed by atoms with van der Waals surface area (Å²) in [5, 5.41) is 1.51. The van der Waals surface area contributed by atoms with Crippen molar-refractivity contribution in [2.75, 3.05) is 18.5 Å². The first-order chi connectivity index (χ1) is 7.56. The highest BCUT2D eigenvalue weighted by atomic mass is 35.5. The van der Waals surface area contributed by atoms with Gasteiger partial charge < -0.3 is 4.90 Å². The van der Waals surface area contributed by atoms with E-state index in [0.29, 0.717) is 21.3 Å². The Morgan fingerprint density at radius 3 is 2.69 bits per heavy atom. The molecule has 0 bridgehead atoms. The van der Waals surface area contributed by atoms with Crippen LogP contribution in [0, 0.1) is 5.92 Å². The zero-order valence-electron chi connectivity index (χ0n) is 8.96. The van der Waals surface area contributed by atoms with Crippen LogP contribution in [-0.2, 0) is 0 Å². The lowest BCUT2D eigenvalue weighted by Gasteiger charge is -2.34. The highest BCUT2D eigenvalue weighted by molar-refractivity contribution is 6.36. The van der Waals surface area contributed by atoms with E-state index in [4.69, 9.17) is 34.8 Å². The first-order valence-electron chi connectivity index (χ1n) is 5.22. The maximum atomic E-state index is 6.08. The largest absolute Gasteiger partial charge is 0.358 e. The van der Waals surface area contributed by atoms with Crippen LogP contribution in [0.1, 0.15) is 12.8 Å². The molecule has 1 heterocycles. The fourth-order valence-corrected chi connectivity index (χ4v) is 2.99. The summed E-state index contributed by atoms with van der Waals surface area (Å²) in [7, 11) is 1.99. The van der Waals surface area contributed by atoms with E-state index in [1.165, 1.54) is 0 Å². The normalized spacial score (nSPS) is 24.0. The lowest BCUT2D eigenvalue weighted by Crippen LogP contribution is -2.35. The quantitative estimate of drug-likeness (QED) is 0.782. The summed E-state index contributed by atoms with van der Waals surface area (Å²) in [6.07, 6.45) is 3.78. The van der Waals surface area contributed by atoms with Crippen molar-refractivity contribution in [2.24, 2.45) is 5.92 Å². The van der Waals surface area contributed by atoms with Crippen LogP contribution >= 0.6 is 34.8 Å². The predicted octanol–water partition coefficient (Wildman–Crippen LogP) is 3.84. The third-order valence-electron chi connectivity index (χ3n) is 2.86. The number of aromatic nitrogens is 1. The topological polar surface area (TPSA) is 16.1 Å². The molecule has 0 aromatic carbocycles. The van der Waals surface area contributed by atoms with Gasteiger partial charge in [0.25, 0.3) is 0 Å². The molecule has 1 aliphatic rings. The van der Waals surface area contributed by atoms with Crippen LogP contribution in [0.3, 0.4) is 0 Å². The minimum atomic E-state index is 0.354. The Hall–Kier alpha value is -0.180. The number of hydrogen-bond donors (Lipinski definition) is 0. The molecule has 88 valence electrons. The second kappa shape index (κ2) is 4.99. The molecule has 0 atom stereocenters. The van der Waals surface area contributed by atoms with Gasteiger partial charge in [-0.15, -0.1) is 11.6 Å². The Labute approximate surface area is 111 Å². The lowest BCUT2D eigenvalue weighted by molar-refractivity contribution is 0.328. The number of alkyl halides is 1. The molecule has 1 aliphatic carbocycles. The molecule has 1 aromatic heterocycles. The third kappa shape index (κ3) is 2.73. The maximum absolute atomic E-state index is 6.08. The maximum Gasteiger partial charge on any atom is 0.147 e. The summed E-state index contributed by atoms with van der Waals surface area (Å²) in [6, 6.07) is 1.72. The van der Waals surface area contributed by atoms with Crippen LogP contribution in [0.15, 0.2) is 12.3 Å². The summed E-state index contributed by atoms with van der Waals surface area (Å²) in [5.74, 6) is 1.44. The van der Waals surface area contributed by atoms with Gasteiger partial charge in [0.1, 0.15) is 5.82 Å². The van der Waals surface area contributed by atoms with Gasteiger partial charge in [-0.25, -0.2) is 4.98 Å². The van der Waals surface area contributed by atoms with E-state index in [9.17, 15) is 0 Å². The first kappa shape index (κ1) is 12.3. The van der Waals surface area contributed by atoms with Crippen molar-refractivity contribution in [3.8, 4) is 0 Å². The molecule has 0 unspecified atom stereocenters. The van der Waals surface area contributed by atoms with E-state index < -0.39 is 0 Å². The van der Waals surface area contributed by atoms with Crippen molar-refractivity contribution >= 4 is 40.6 Å². The molecular formula is C11H13Cl3N2. The van der Waals surface area contributed by atoms with Crippen LogP contribution in [-0.4, -0.2) is 24.0 Å². The van der Waals surface area contributed by atoms with Gasteiger partial charge in [0.05, 0.1) is 10.0 Å². The molecular weight excluding hydrogens is 266 g/mol. The zero-order valence-corrected chi connectivity index (χ0v) is 11.2. The van der Waals surface area contributed by atoms with Gasteiger partial charge in [0.15, 0.2) is 0 Å². The van der Waals surface area contributed by atoms with Gasteiger partial charge in [0.2, 0.25) is 0 Å². The summed E-state index contributed by atoms with van der Waals surface area (Å²) in [6.45, 7) is 0.942. The molecule has 0 saturated heterocycles. The van der Waals surface area contributed by atoms with Crippen molar-refractivity contribution in [1.29, 1.82) is 0 Å². The Morgan fingerprint density at radius 2 is 2.12 bits per heavy atom. The molecule has 1 aromatic rings. The highest BCUT2D eigenvalue weighted by Crippen LogP contribution is 2.34. The number of anilines is 1. The average molecular weight is 280 g/mol. The van der Waals surface area contributed by atoms with Crippen molar-refractivity contribution in [3.63, 3.8) is 0 Å². The Morgan fingerprint density at radius 1 is 1.44 bits per heavy atom. The molecule has 0 radical (unpaired) electrons. The van der Waals surface area contributed by atoms with Gasteiger partial charge in [-0.05, 0) is 24.8 Å². The van der Waals surface area contributed by atoms with E-state index in [0.717, 1.165) is 25.2 Å². The molecule has 1 saturated carbocycles. The van der Waals surface area contributed by atoms with Crippen molar-refractivity contribution in [2.45, 2.75) is 18.2 Å². The summed E-state index contributed by atoms with van der Waals surface area (Å²) in [4.78, 5) is 6.30. The molecule has 0 amide bonds. The number of nitrogens with zero attached hydrogens (tertiary/aromatic N) is 2. The van der Waals surface area contributed by atoms with Gasteiger partial charge in [-0.1, -0.05) is 23.2 Å². The number of rotatable bonds is 3. The summed E-state index contributed by atoms with van der Waals surface area (Å²) >= 11 is 17.8. The molecule has 0 aliphatic heterocycles. The third-order valence-corrected chi connectivity index (χ3v) is 3.70. The first-order valence-corrected chi connectivity index (χ1v) is 6.41. The highest BCUT2D eigenvalue weighted by Gasteiger charge is 2.28. The molecule has 16 heavy (non-hydrogen) atoms. The fraction of sp³-hybridized carbons (Fsp3) is 0.545. The van der Waals surface area contributed by atoms with Crippen molar-refractivity contribution in [1.82, 2.24) is 4.98 Å². The van der Waals surface area contributed by atoms with Gasteiger partial charge in [0, 0.05) is 25.2 Å². The monoisotopic (exact) mass is 278 g/mol. The van der Waals surface area contributed by atoms with Crippen molar-refractivity contribution < 1.29 is 0 Å². The fourth-order valence-electron chi connectivity index (χ4n) is 1.97. The molecule has 5 heteroatoms. The Balaban J connectivity index is 2.00. The minimum Gasteiger partial charge on any atom is -0.358 e. The number of halogens is 3. The van der Waals surface area contributed by atoms with Crippen LogP contribution < -0.4 is 4.90 Å². The Kier molecular flexibility index (Phi) is 3.83. The second-order valence-electron chi connectivity index (χ2n) is 4.27. The smallest absolute Gasteiger partial charge is 0.147 e. The van der Waals surface area contributed by atoms with Crippen LogP contribution in [0.2, 0.25) is 10.0 Å². The summed E-state index contributed by atoms with van der Waals surface area (Å²) in [5.41, 5.74) is 0. The molecule has 0 N–H and O–H groups in total. The van der Waals surface area contributed by atoms with Gasteiger partial charge >= 0.3 is 0 Å². The van der Waals surface area contributed by atoms with E-state index in [2.05, 4.69) is 9.88 Å². The van der Waals surface area contributed by atoms with E-state index >= 15 is 0 Å². The Bertz CT molecular complexity index is 377. The standard InChI is InChI=1S/C11H13Cl3N2/c1-16(6-7-2-8(12)3-7)11-10(14)4-9(13)5-15-11/h4-5,7-8H,2-3,6H2,1H3. The summed E-state index contributed by atoms with van der Waals surface area (Å²) < 4.78 is 0. The van der Waals surface area contributed by atoms with Crippen LogP contribution in [0.25, 0.3) is 0 Å². The molecule has 1 fully saturated rings. The molecule has 2 rings (SSSR count). The van der Waals surface area contributed by atoms with E-state index in [1.54, 1.807) is 12.3 Å². The van der Waals surface area contributed by atoms with Gasteiger partial charge in [-0.3, -0.25) is 0 Å². The average Bonchev–Trinajstić information content (AvgIpc) is 2.15. The van der Waals surface area contributed by atoms with E-state index in [1.807, 2.05) is 7.05 Å². The SMILES string of the molecule is CN(CC1CC(Cl)C1)c1ncc(Cl)cc1Cl. The van der Waals surface area contributed by atoms with Gasteiger partial charge in [-0.2, -0.15) is 0 Å². The van der Waals surface area contributed by atoms with E-state index in [-0.39, 0.29) is 0 Å². The number of pyridine rings is 1. The lowest BCUT2D eigenvalue weighted by atomic mass is 9.84. The van der Waals surface area contributed by atoms with Crippen LogP contribution in [0.4, 0.5) is 5.82 Å². The zero-order chi connectivity index (χ0) is 11.7.